The molecule has 6 nitrogen and oxygen atoms in total. The minimum absolute atomic E-state index is 0.0710. The monoisotopic (exact) mass is 481 g/mol. The van der Waals surface area contributed by atoms with Crippen molar-refractivity contribution in [2.24, 2.45) is 0 Å². The molecule has 3 rings (SSSR count). The van der Waals surface area contributed by atoms with Crippen LogP contribution in [0.5, 0.6) is 0 Å². The summed E-state index contributed by atoms with van der Waals surface area (Å²) < 4.78 is 54.7. The van der Waals surface area contributed by atoms with Gasteiger partial charge in [0.2, 0.25) is 5.91 Å². The molecule has 0 aliphatic rings. The van der Waals surface area contributed by atoms with E-state index in [4.69, 9.17) is 0 Å². The summed E-state index contributed by atoms with van der Waals surface area (Å²) in [6.07, 6.45) is 2.54. The Kier molecular flexibility index (Phi) is 6.23. The number of anilines is 2. The molecule has 0 saturated heterocycles. The number of carbonyl (C=O) groups excluding carboxylic acids is 1. The summed E-state index contributed by atoms with van der Waals surface area (Å²) in [6.45, 7) is -0.654. The van der Waals surface area contributed by atoms with Crippen LogP contribution >= 0.6 is 15.9 Å². The van der Waals surface area contributed by atoms with Crippen LogP contribution in [0, 0.1) is 11.6 Å². The van der Waals surface area contributed by atoms with Gasteiger partial charge in [-0.2, -0.15) is 0 Å². The lowest BCUT2D eigenvalue weighted by molar-refractivity contribution is -0.114. The molecule has 29 heavy (non-hydrogen) atoms. The lowest BCUT2D eigenvalue weighted by Gasteiger charge is -2.24. The van der Waals surface area contributed by atoms with Gasteiger partial charge < -0.3 is 5.32 Å². The molecule has 0 radical (unpaired) electrons. The molecule has 1 heterocycles. The Balaban J connectivity index is 1.93. The zero-order chi connectivity index (χ0) is 21.0. The second-order valence-electron chi connectivity index (χ2n) is 5.85. The van der Waals surface area contributed by atoms with Gasteiger partial charge in [-0.25, -0.2) is 17.2 Å². The molecule has 2 aromatic carbocycles. The van der Waals surface area contributed by atoms with Crippen LogP contribution in [0.25, 0.3) is 0 Å². The topological polar surface area (TPSA) is 79.4 Å². The van der Waals surface area contributed by atoms with Crippen LogP contribution in [0.2, 0.25) is 0 Å². The van der Waals surface area contributed by atoms with Gasteiger partial charge in [0.25, 0.3) is 10.0 Å². The van der Waals surface area contributed by atoms with Crippen molar-refractivity contribution >= 4 is 43.2 Å². The van der Waals surface area contributed by atoms with Crippen molar-refractivity contribution in [1.29, 1.82) is 0 Å². The summed E-state index contributed by atoms with van der Waals surface area (Å²) in [7, 11) is -4.18. The predicted octanol–water partition coefficient (Wildman–Crippen LogP) is 3.96. The number of nitrogens with one attached hydrogen (secondary N) is 1. The quantitative estimate of drug-likeness (QED) is 0.577. The molecule has 0 aliphatic heterocycles. The number of halogens is 3. The molecule has 150 valence electrons. The van der Waals surface area contributed by atoms with Crippen LogP contribution in [0.4, 0.5) is 20.2 Å². The molecule has 0 spiro atoms. The maximum atomic E-state index is 14.0. The van der Waals surface area contributed by atoms with Crippen molar-refractivity contribution in [2.45, 2.75) is 4.90 Å². The van der Waals surface area contributed by atoms with E-state index in [1.807, 2.05) is 0 Å². The van der Waals surface area contributed by atoms with Gasteiger partial charge in [-0.05, 0) is 54.6 Å². The third-order valence-electron chi connectivity index (χ3n) is 3.83. The smallest absolute Gasteiger partial charge is 0.266 e. The van der Waals surface area contributed by atoms with Gasteiger partial charge in [-0.3, -0.25) is 14.1 Å². The number of sulfonamides is 1. The Hall–Kier alpha value is -2.85. The van der Waals surface area contributed by atoms with Crippen LogP contribution in [0.1, 0.15) is 0 Å². The summed E-state index contributed by atoms with van der Waals surface area (Å²) in [6, 6.07) is 11.4. The van der Waals surface area contributed by atoms with Crippen molar-refractivity contribution in [3.63, 3.8) is 0 Å². The van der Waals surface area contributed by atoms with Crippen molar-refractivity contribution in [3.8, 4) is 0 Å². The Bertz CT molecular complexity index is 1130. The molecule has 0 saturated carbocycles. The maximum absolute atomic E-state index is 14.0. The zero-order valence-corrected chi connectivity index (χ0v) is 17.1. The van der Waals surface area contributed by atoms with E-state index in [0.29, 0.717) is 4.47 Å². The summed E-state index contributed by atoms with van der Waals surface area (Å²) >= 11 is 3.11. The predicted molar refractivity (Wildman–Crippen MR) is 108 cm³/mol. The second-order valence-corrected chi connectivity index (χ2v) is 8.63. The highest BCUT2D eigenvalue weighted by atomic mass is 79.9. The minimum atomic E-state index is -4.18. The van der Waals surface area contributed by atoms with Crippen molar-refractivity contribution in [2.75, 3.05) is 16.2 Å². The second kappa shape index (κ2) is 8.66. The molecule has 0 fully saturated rings. The number of rotatable bonds is 6. The van der Waals surface area contributed by atoms with E-state index in [1.54, 1.807) is 0 Å². The average Bonchev–Trinajstić information content (AvgIpc) is 2.70. The SMILES string of the molecule is O=C(CN(c1ccc(F)cc1)S(=O)(=O)c1cccnc1)Nc1ccc(Br)cc1F. The lowest BCUT2D eigenvalue weighted by atomic mass is 10.3. The van der Waals surface area contributed by atoms with Crippen LogP contribution in [-0.4, -0.2) is 25.9 Å². The molecule has 0 aliphatic carbocycles. The summed E-state index contributed by atoms with van der Waals surface area (Å²) in [5.41, 5.74) is -0.0299. The number of amides is 1. The van der Waals surface area contributed by atoms with Crippen LogP contribution in [-0.2, 0) is 14.8 Å². The third kappa shape index (κ3) is 4.96. The largest absolute Gasteiger partial charge is 0.322 e. The standard InChI is InChI=1S/C19H14BrF2N3O3S/c20-13-3-8-18(17(22)10-13)24-19(26)12-25(15-6-4-14(21)5-7-15)29(27,28)16-2-1-9-23-11-16/h1-11H,12H2,(H,24,26). The van der Waals surface area contributed by atoms with Crippen LogP contribution in [0.3, 0.4) is 0 Å². The average molecular weight is 482 g/mol. The van der Waals surface area contributed by atoms with E-state index in [-0.39, 0.29) is 16.3 Å². The van der Waals surface area contributed by atoms with E-state index in [9.17, 15) is 22.0 Å². The number of hydrogen-bond acceptors (Lipinski definition) is 4. The Morgan fingerprint density at radius 3 is 2.45 bits per heavy atom. The molecule has 10 heteroatoms. The maximum Gasteiger partial charge on any atom is 0.266 e. The van der Waals surface area contributed by atoms with Gasteiger partial charge in [0.15, 0.2) is 0 Å². The van der Waals surface area contributed by atoms with E-state index < -0.39 is 34.1 Å². The summed E-state index contributed by atoms with van der Waals surface area (Å²) in [4.78, 5) is 16.1. The molecular weight excluding hydrogens is 468 g/mol. The number of pyridine rings is 1. The van der Waals surface area contributed by atoms with E-state index in [2.05, 4.69) is 26.2 Å². The molecule has 1 N–H and O–H groups in total. The number of carbonyl (C=O) groups is 1. The van der Waals surface area contributed by atoms with Crippen molar-refractivity contribution in [3.05, 3.63) is 83.1 Å². The van der Waals surface area contributed by atoms with Gasteiger partial charge in [0, 0.05) is 16.9 Å². The minimum Gasteiger partial charge on any atom is -0.322 e. The molecule has 0 bridgehead atoms. The fourth-order valence-corrected chi connectivity index (χ4v) is 4.18. The number of nitrogens with zero attached hydrogens (tertiary/aromatic N) is 2. The normalized spacial score (nSPS) is 11.1. The van der Waals surface area contributed by atoms with Gasteiger partial charge in [0.1, 0.15) is 23.1 Å². The number of hydrogen-bond donors (Lipinski definition) is 1. The van der Waals surface area contributed by atoms with E-state index in [0.717, 1.165) is 22.6 Å². The van der Waals surface area contributed by atoms with Crippen molar-refractivity contribution in [1.82, 2.24) is 4.98 Å². The Morgan fingerprint density at radius 2 is 1.83 bits per heavy atom. The third-order valence-corrected chi connectivity index (χ3v) is 6.08. The Labute approximate surface area is 174 Å². The van der Waals surface area contributed by atoms with E-state index >= 15 is 0 Å². The first kappa shape index (κ1) is 20.9. The molecule has 3 aromatic rings. The molecule has 0 unspecified atom stereocenters. The first-order valence-corrected chi connectivity index (χ1v) is 10.4. The highest BCUT2D eigenvalue weighted by molar-refractivity contribution is 9.10. The van der Waals surface area contributed by atoms with Gasteiger partial charge in [0.05, 0.1) is 11.4 Å². The summed E-state index contributed by atoms with van der Waals surface area (Å²) in [5.74, 6) is -2.02. The zero-order valence-electron chi connectivity index (χ0n) is 14.7. The molecular formula is C19H14BrF2N3O3S. The van der Waals surface area contributed by atoms with Crippen LogP contribution in [0.15, 0.2) is 76.4 Å². The highest BCUT2D eigenvalue weighted by Crippen LogP contribution is 2.24. The Morgan fingerprint density at radius 1 is 1.10 bits per heavy atom. The highest BCUT2D eigenvalue weighted by Gasteiger charge is 2.27. The number of aromatic nitrogens is 1. The van der Waals surface area contributed by atoms with Crippen LogP contribution < -0.4 is 9.62 Å². The fraction of sp³-hybridized carbons (Fsp3) is 0.0526. The fourth-order valence-electron chi connectivity index (χ4n) is 2.46. The van der Waals surface area contributed by atoms with Crippen molar-refractivity contribution < 1.29 is 22.0 Å². The van der Waals surface area contributed by atoms with E-state index in [1.165, 1.54) is 48.7 Å². The van der Waals surface area contributed by atoms with Gasteiger partial charge in [-0.1, -0.05) is 15.9 Å². The molecule has 0 atom stereocenters. The number of benzene rings is 2. The van der Waals surface area contributed by atoms with Gasteiger partial charge in [-0.15, -0.1) is 0 Å². The molecule has 1 amide bonds. The van der Waals surface area contributed by atoms with Gasteiger partial charge >= 0.3 is 0 Å². The first-order chi connectivity index (χ1) is 13.8. The molecule has 1 aromatic heterocycles. The lowest BCUT2D eigenvalue weighted by Crippen LogP contribution is -2.38. The first-order valence-electron chi connectivity index (χ1n) is 8.20. The summed E-state index contributed by atoms with van der Waals surface area (Å²) in [5, 5.41) is 2.34.